The van der Waals surface area contributed by atoms with Crippen molar-refractivity contribution in [3.8, 4) is 11.5 Å². The summed E-state index contributed by atoms with van der Waals surface area (Å²) < 4.78 is 10.1. The van der Waals surface area contributed by atoms with Crippen LogP contribution in [-0.2, 0) is 9.59 Å². The lowest BCUT2D eigenvalue weighted by molar-refractivity contribution is -0.136. The molecule has 0 bridgehead atoms. The first kappa shape index (κ1) is 17.8. The number of hydrogen-bond acceptors (Lipinski definition) is 5. The number of ether oxygens (including phenoxy) is 2. The van der Waals surface area contributed by atoms with Crippen molar-refractivity contribution in [2.45, 2.75) is 0 Å². The van der Waals surface area contributed by atoms with Crippen LogP contribution >= 0.6 is 0 Å². The predicted molar refractivity (Wildman–Crippen MR) is 90.2 cm³/mol. The zero-order valence-corrected chi connectivity index (χ0v) is 13.7. The predicted octanol–water partition coefficient (Wildman–Crippen LogP) is 1.10. The Morgan fingerprint density at radius 3 is 2.12 bits per heavy atom. The van der Waals surface area contributed by atoms with E-state index in [9.17, 15) is 14.4 Å². The molecule has 0 saturated heterocycles. The molecule has 0 radical (unpaired) electrons. The molecule has 3 N–H and O–H groups in total. The van der Waals surface area contributed by atoms with Crippen LogP contribution in [-0.4, -0.2) is 31.9 Å². The fraction of sp³-hybridized carbons (Fsp3) is 0.118. The standard InChI is InChI=1S/C17H17N3O5/c1-24-12-9-7-11(8-10-12)15(21)19-20-17(23)16(22)18-13-5-3-4-6-14(13)25-2/h3-10H,1-2H3,(H,18,22)(H,19,21)(H,20,23). The Labute approximate surface area is 144 Å². The number of para-hydroxylation sites is 2. The van der Waals surface area contributed by atoms with Gasteiger partial charge in [-0.25, -0.2) is 0 Å². The van der Waals surface area contributed by atoms with Gasteiger partial charge in [0.05, 0.1) is 19.9 Å². The van der Waals surface area contributed by atoms with Crippen LogP contribution in [0.3, 0.4) is 0 Å². The normalized spacial score (nSPS) is 9.68. The second kappa shape index (κ2) is 8.34. The maximum atomic E-state index is 11.9. The summed E-state index contributed by atoms with van der Waals surface area (Å²) in [7, 11) is 2.95. The lowest BCUT2D eigenvalue weighted by atomic mass is 10.2. The second-order valence-electron chi connectivity index (χ2n) is 4.79. The van der Waals surface area contributed by atoms with Gasteiger partial charge in [0, 0.05) is 5.56 Å². The van der Waals surface area contributed by atoms with Crippen LogP contribution < -0.4 is 25.6 Å². The summed E-state index contributed by atoms with van der Waals surface area (Å²) >= 11 is 0. The van der Waals surface area contributed by atoms with E-state index in [1.807, 2.05) is 5.43 Å². The molecule has 0 aliphatic rings. The van der Waals surface area contributed by atoms with E-state index >= 15 is 0 Å². The van der Waals surface area contributed by atoms with Crippen LogP contribution in [0.4, 0.5) is 5.69 Å². The number of anilines is 1. The molecule has 0 fully saturated rings. The fourth-order valence-electron chi connectivity index (χ4n) is 1.91. The monoisotopic (exact) mass is 343 g/mol. The van der Waals surface area contributed by atoms with E-state index in [0.29, 0.717) is 22.7 Å². The molecule has 8 nitrogen and oxygen atoms in total. The Morgan fingerprint density at radius 1 is 0.800 bits per heavy atom. The highest BCUT2D eigenvalue weighted by atomic mass is 16.5. The maximum Gasteiger partial charge on any atom is 0.328 e. The van der Waals surface area contributed by atoms with Crippen molar-refractivity contribution in [3.63, 3.8) is 0 Å². The number of carbonyl (C=O) groups is 3. The van der Waals surface area contributed by atoms with Crippen molar-refractivity contribution in [2.75, 3.05) is 19.5 Å². The molecule has 2 rings (SSSR count). The number of nitrogens with one attached hydrogen (secondary N) is 3. The van der Waals surface area contributed by atoms with Gasteiger partial charge < -0.3 is 14.8 Å². The molecule has 25 heavy (non-hydrogen) atoms. The lowest BCUT2D eigenvalue weighted by Crippen LogP contribution is -2.46. The Morgan fingerprint density at radius 2 is 1.48 bits per heavy atom. The van der Waals surface area contributed by atoms with Crippen LogP contribution in [0.25, 0.3) is 0 Å². The number of rotatable bonds is 4. The van der Waals surface area contributed by atoms with Gasteiger partial charge in [-0.2, -0.15) is 0 Å². The number of hydrazine groups is 1. The van der Waals surface area contributed by atoms with Crippen molar-refractivity contribution in [1.82, 2.24) is 10.9 Å². The topological polar surface area (TPSA) is 106 Å². The number of carbonyl (C=O) groups excluding carboxylic acids is 3. The zero-order valence-electron chi connectivity index (χ0n) is 13.7. The third-order valence-electron chi connectivity index (χ3n) is 3.20. The van der Waals surface area contributed by atoms with Crippen molar-refractivity contribution >= 4 is 23.4 Å². The van der Waals surface area contributed by atoms with Gasteiger partial charge in [0.25, 0.3) is 5.91 Å². The van der Waals surface area contributed by atoms with E-state index in [0.717, 1.165) is 0 Å². The molecular formula is C17H17N3O5. The van der Waals surface area contributed by atoms with Gasteiger partial charge in [0.2, 0.25) is 0 Å². The molecule has 0 aliphatic carbocycles. The molecule has 0 aliphatic heterocycles. The van der Waals surface area contributed by atoms with Crippen LogP contribution in [0.15, 0.2) is 48.5 Å². The minimum absolute atomic E-state index is 0.297. The van der Waals surface area contributed by atoms with Crippen molar-refractivity contribution in [3.05, 3.63) is 54.1 Å². The fourth-order valence-corrected chi connectivity index (χ4v) is 1.91. The number of methoxy groups -OCH3 is 2. The molecule has 2 aromatic carbocycles. The van der Waals surface area contributed by atoms with Crippen molar-refractivity contribution < 1.29 is 23.9 Å². The van der Waals surface area contributed by atoms with Crippen LogP contribution in [0.2, 0.25) is 0 Å². The molecule has 0 unspecified atom stereocenters. The van der Waals surface area contributed by atoms with Crippen LogP contribution in [0, 0.1) is 0 Å². The summed E-state index contributed by atoms with van der Waals surface area (Å²) in [5.41, 5.74) is 4.84. The SMILES string of the molecule is COc1ccc(C(=O)NNC(=O)C(=O)Nc2ccccc2OC)cc1. The van der Waals surface area contributed by atoms with E-state index in [1.165, 1.54) is 26.4 Å². The van der Waals surface area contributed by atoms with Gasteiger partial charge in [-0.3, -0.25) is 25.2 Å². The van der Waals surface area contributed by atoms with Gasteiger partial charge in [-0.05, 0) is 36.4 Å². The van der Waals surface area contributed by atoms with E-state index in [2.05, 4.69) is 10.7 Å². The first-order chi connectivity index (χ1) is 12.0. The summed E-state index contributed by atoms with van der Waals surface area (Å²) in [5, 5.41) is 2.40. The maximum absolute atomic E-state index is 11.9. The summed E-state index contributed by atoms with van der Waals surface area (Å²) in [6.07, 6.45) is 0. The first-order valence-electron chi connectivity index (χ1n) is 7.24. The van der Waals surface area contributed by atoms with E-state index in [-0.39, 0.29) is 0 Å². The quantitative estimate of drug-likeness (QED) is 0.569. The minimum Gasteiger partial charge on any atom is -0.497 e. The molecule has 8 heteroatoms. The van der Waals surface area contributed by atoms with Gasteiger partial charge in [0.15, 0.2) is 0 Å². The minimum atomic E-state index is -1.02. The summed E-state index contributed by atoms with van der Waals surface area (Å²) in [5.74, 6) is -1.53. The number of hydrogen-bond donors (Lipinski definition) is 3. The van der Waals surface area contributed by atoms with Crippen LogP contribution in [0.5, 0.6) is 11.5 Å². The van der Waals surface area contributed by atoms with Crippen molar-refractivity contribution in [1.29, 1.82) is 0 Å². The molecule has 0 heterocycles. The average molecular weight is 343 g/mol. The highest BCUT2D eigenvalue weighted by molar-refractivity contribution is 6.39. The summed E-state index contributed by atoms with van der Waals surface area (Å²) in [6.45, 7) is 0. The third-order valence-corrected chi connectivity index (χ3v) is 3.20. The largest absolute Gasteiger partial charge is 0.497 e. The molecule has 3 amide bonds. The molecule has 0 atom stereocenters. The molecule has 0 spiro atoms. The smallest absolute Gasteiger partial charge is 0.328 e. The number of amides is 3. The Balaban J connectivity index is 1.90. The first-order valence-corrected chi connectivity index (χ1v) is 7.24. The average Bonchev–Trinajstić information content (AvgIpc) is 2.66. The summed E-state index contributed by atoms with van der Waals surface area (Å²) in [6, 6.07) is 12.9. The molecule has 130 valence electrons. The molecular weight excluding hydrogens is 326 g/mol. The Kier molecular flexibility index (Phi) is 5.94. The Hall–Kier alpha value is -3.55. The van der Waals surface area contributed by atoms with Crippen LogP contribution in [0.1, 0.15) is 10.4 Å². The zero-order chi connectivity index (χ0) is 18.2. The molecule has 0 aromatic heterocycles. The van der Waals surface area contributed by atoms with E-state index < -0.39 is 17.7 Å². The van der Waals surface area contributed by atoms with E-state index in [4.69, 9.17) is 9.47 Å². The van der Waals surface area contributed by atoms with Gasteiger partial charge in [0.1, 0.15) is 11.5 Å². The van der Waals surface area contributed by atoms with E-state index in [1.54, 1.807) is 36.4 Å². The molecule has 0 saturated carbocycles. The molecule has 2 aromatic rings. The number of benzene rings is 2. The van der Waals surface area contributed by atoms with Crippen molar-refractivity contribution in [2.24, 2.45) is 0 Å². The van der Waals surface area contributed by atoms with Gasteiger partial charge in [-0.15, -0.1) is 0 Å². The second-order valence-corrected chi connectivity index (χ2v) is 4.79. The highest BCUT2D eigenvalue weighted by Gasteiger charge is 2.16. The van der Waals surface area contributed by atoms with Gasteiger partial charge >= 0.3 is 11.8 Å². The van der Waals surface area contributed by atoms with Gasteiger partial charge in [-0.1, -0.05) is 12.1 Å². The third kappa shape index (κ3) is 4.71. The lowest BCUT2D eigenvalue weighted by Gasteiger charge is -2.10. The highest BCUT2D eigenvalue weighted by Crippen LogP contribution is 2.22. The Bertz CT molecular complexity index is 774. The summed E-state index contributed by atoms with van der Waals surface area (Å²) in [4.78, 5) is 35.6.